The predicted molar refractivity (Wildman–Crippen MR) is 99.7 cm³/mol. The first-order valence-corrected chi connectivity index (χ1v) is 9.29. The number of anilines is 1. The highest BCUT2D eigenvalue weighted by atomic mass is 16.5. The quantitative estimate of drug-likeness (QED) is 0.806. The summed E-state index contributed by atoms with van der Waals surface area (Å²) < 4.78 is 6.17. The number of nitrogens with zero attached hydrogens (tertiary/aromatic N) is 1. The fourth-order valence-electron chi connectivity index (χ4n) is 3.21. The van der Waals surface area contributed by atoms with Crippen LogP contribution in [0.2, 0.25) is 0 Å². The van der Waals surface area contributed by atoms with Crippen LogP contribution in [0.25, 0.3) is 0 Å². The summed E-state index contributed by atoms with van der Waals surface area (Å²) in [5.41, 5.74) is 2.33. The van der Waals surface area contributed by atoms with E-state index < -0.39 is 0 Å². The second-order valence-electron chi connectivity index (χ2n) is 6.99. The highest BCUT2D eigenvalue weighted by molar-refractivity contribution is 5.73. The van der Waals surface area contributed by atoms with Gasteiger partial charge >= 0.3 is 0 Å². The number of unbranched alkanes of at least 4 members (excludes halogenated alkanes) is 1. The predicted octanol–water partition coefficient (Wildman–Crippen LogP) is 4.38. The molecule has 0 spiro atoms. The number of nitrogens with one attached hydrogen (secondary N) is 1. The largest absolute Gasteiger partial charge is 0.490 e. The molecule has 1 amide bonds. The van der Waals surface area contributed by atoms with Gasteiger partial charge < -0.3 is 15.0 Å². The molecule has 134 valence electrons. The molecule has 4 heteroatoms. The summed E-state index contributed by atoms with van der Waals surface area (Å²) in [6, 6.07) is 6.84. The number of ether oxygens (including phenoxy) is 1. The Morgan fingerprint density at radius 1 is 1.38 bits per heavy atom. The summed E-state index contributed by atoms with van der Waals surface area (Å²) in [6.07, 6.45) is 5.72. The van der Waals surface area contributed by atoms with E-state index in [1.807, 2.05) is 4.90 Å². The molecule has 0 bridgehead atoms. The standard InChI is InChI=1S/C20H32N2O2/c1-5-6-7-16(3)21-18-8-9-20(15(2)14-18)24-19-10-12-22(13-11-19)17(4)23/h8-9,14,16,19,21H,5-7,10-13H2,1-4H3. The average molecular weight is 332 g/mol. The highest BCUT2D eigenvalue weighted by Gasteiger charge is 2.22. The summed E-state index contributed by atoms with van der Waals surface area (Å²) >= 11 is 0. The van der Waals surface area contributed by atoms with Crippen LogP contribution in [-0.2, 0) is 4.79 Å². The van der Waals surface area contributed by atoms with E-state index in [1.54, 1.807) is 6.92 Å². The van der Waals surface area contributed by atoms with E-state index in [2.05, 4.69) is 44.3 Å². The Hall–Kier alpha value is -1.71. The molecule has 1 aromatic carbocycles. The number of benzene rings is 1. The fraction of sp³-hybridized carbons (Fsp3) is 0.650. The molecule has 0 saturated carbocycles. The van der Waals surface area contributed by atoms with Crippen molar-refractivity contribution in [1.82, 2.24) is 4.90 Å². The summed E-state index contributed by atoms with van der Waals surface area (Å²) in [5.74, 6) is 1.13. The minimum absolute atomic E-state index is 0.164. The van der Waals surface area contributed by atoms with Crippen LogP contribution >= 0.6 is 0 Å². The van der Waals surface area contributed by atoms with Crippen LogP contribution in [0, 0.1) is 6.92 Å². The van der Waals surface area contributed by atoms with Gasteiger partial charge in [0.2, 0.25) is 5.91 Å². The van der Waals surface area contributed by atoms with E-state index in [0.717, 1.165) is 42.9 Å². The average Bonchev–Trinajstić information content (AvgIpc) is 2.56. The molecule has 0 aliphatic carbocycles. The molecular formula is C20H32N2O2. The van der Waals surface area contributed by atoms with E-state index in [-0.39, 0.29) is 12.0 Å². The number of rotatable bonds is 7. The Morgan fingerprint density at radius 3 is 2.67 bits per heavy atom. The van der Waals surface area contributed by atoms with Gasteiger partial charge in [-0.25, -0.2) is 0 Å². The third-order valence-corrected chi connectivity index (χ3v) is 4.76. The van der Waals surface area contributed by atoms with Crippen molar-refractivity contribution in [3.63, 3.8) is 0 Å². The zero-order valence-corrected chi connectivity index (χ0v) is 15.6. The maximum absolute atomic E-state index is 11.4. The molecule has 1 atom stereocenters. The lowest BCUT2D eigenvalue weighted by Crippen LogP contribution is -2.40. The van der Waals surface area contributed by atoms with Crippen LogP contribution in [0.15, 0.2) is 18.2 Å². The molecule has 1 aliphatic rings. The van der Waals surface area contributed by atoms with Gasteiger partial charge in [-0.1, -0.05) is 19.8 Å². The fourth-order valence-corrected chi connectivity index (χ4v) is 3.21. The summed E-state index contributed by atoms with van der Waals surface area (Å²) in [4.78, 5) is 13.3. The summed E-state index contributed by atoms with van der Waals surface area (Å²) in [6.45, 7) is 9.80. The first kappa shape index (κ1) is 18.6. The van der Waals surface area contributed by atoms with E-state index in [1.165, 1.54) is 19.3 Å². The molecule has 1 saturated heterocycles. The Balaban J connectivity index is 1.87. The van der Waals surface area contributed by atoms with Crippen LogP contribution in [-0.4, -0.2) is 36.0 Å². The number of amides is 1. The minimum atomic E-state index is 0.164. The van der Waals surface area contributed by atoms with Crippen LogP contribution < -0.4 is 10.1 Å². The number of carbonyl (C=O) groups excluding carboxylic acids is 1. The number of hydrogen-bond donors (Lipinski definition) is 1. The topological polar surface area (TPSA) is 41.6 Å². The Labute approximate surface area is 146 Å². The molecule has 1 aliphatic heterocycles. The monoisotopic (exact) mass is 332 g/mol. The van der Waals surface area contributed by atoms with Gasteiger partial charge in [0, 0.05) is 44.6 Å². The van der Waals surface area contributed by atoms with Crippen molar-refractivity contribution in [3.8, 4) is 5.75 Å². The normalized spacial score (nSPS) is 16.8. The Kier molecular flexibility index (Phi) is 6.95. The zero-order chi connectivity index (χ0) is 17.5. The van der Waals surface area contributed by atoms with Crippen LogP contribution in [0.5, 0.6) is 5.75 Å². The van der Waals surface area contributed by atoms with E-state index in [4.69, 9.17) is 4.74 Å². The Morgan fingerprint density at radius 2 is 2.08 bits per heavy atom. The lowest BCUT2D eigenvalue weighted by atomic mass is 10.1. The summed E-state index contributed by atoms with van der Waals surface area (Å²) in [7, 11) is 0. The molecule has 24 heavy (non-hydrogen) atoms. The molecule has 2 rings (SSSR count). The van der Waals surface area contributed by atoms with Crippen molar-refractivity contribution in [2.75, 3.05) is 18.4 Å². The smallest absolute Gasteiger partial charge is 0.219 e. The van der Waals surface area contributed by atoms with Gasteiger partial charge in [0.15, 0.2) is 0 Å². The van der Waals surface area contributed by atoms with Crippen molar-refractivity contribution in [2.24, 2.45) is 0 Å². The van der Waals surface area contributed by atoms with Gasteiger partial charge in [-0.05, 0) is 44.0 Å². The molecule has 0 radical (unpaired) electrons. The van der Waals surface area contributed by atoms with Crippen LogP contribution in [0.3, 0.4) is 0 Å². The molecule has 0 aromatic heterocycles. The lowest BCUT2D eigenvalue weighted by Gasteiger charge is -2.31. The summed E-state index contributed by atoms with van der Waals surface area (Å²) in [5, 5.41) is 3.57. The number of carbonyl (C=O) groups is 1. The molecule has 1 fully saturated rings. The number of piperidine rings is 1. The van der Waals surface area contributed by atoms with Gasteiger partial charge in [-0.3, -0.25) is 4.79 Å². The Bertz CT molecular complexity index is 536. The minimum Gasteiger partial charge on any atom is -0.490 e. The van der Waals surface area contributed by atoms with Gasteiger partial charge in [0.25, 0.3) is 0 Å². The number of hydrogen-bond acceptors (Lipinski definition) is 3. The number of aryl methyl sites for hydroxylation is 1. The molecule has 1 aromatic rings. The molecular weight excluding hydrogens is 300 g/mol. The molecule has 1 unspecified atom stereocenters. The molecule has 1 heterocycles. The van der Waals surface area contributed by atoms with Crippen molar-refractivity contribution < 1.29 is 9.53 Å². The van der Waals surface area contributed by atoms with Crippen molar-refractivity contribution in [2.45, 2.75) is 71.9 Å². The molecule has 4 nitrogen and oxygen atoms in total. The lowest BCUT2D eigenvalue weighted by molar-refractivity contribution is -0.130. The highest BCUT2D eigenvalue weighted by Crippen LogP contribution is 2.26. The zero-order valence-electron chi connectivity index (χ0n) is 15.6. The SMILES string of the molecule is CCCCC(C)Nc1ccc(OC2CCN(C(C)=O)CC2)c(C)c1. The maximum Gasteiger partial charge on any atom is 0.219 e. The third-order valence-electron chi connectivity index (χ3n) is 4.76. The van der Waals surface area contributed by atoms with Crippen molar-refractivity contribution >= 4 is 11.6 Å². The van der Waals surface area contributed by atoms with E-state index in [9.17, 15) is 4.79 Å². The van der Waals surface area contributed by atoms with Crippen LogP contribution in [0.1, 0.15) is 58.4 Å². The van der Waals surface area contributed by atoms with Crippen molar-refractivity contribution in [3.05, 3.63) is 23.8 Å². The van der Waals surface area contributed by atoms with Crippen molar-refractivity contribution in [1.29, 1.82) is 0 Å². The van der Waals surface area contributed by atoms with Gasteiger partial charge in [-0.2, -0.15) is 0 Å². The van der Waals surface area contributed by atoms with Gasteiger partial charge in [0.1, 0.15) is 11.9 Å². The maximum atomic E-state index is 11.4. The van der Waals surface area contributed by atoms with Gasteiger partial charge in [0.05, 0.1) is 0 Å². The first-order valence-electron chi connectivity index (χ1n) is 9.29. The first-order chi connectivity index (χ1) is 11.5. The van der Waals surface area contributed by atoms with E-state index >= 15 is 0 Å². The number of likely N-dealkylation sites (tertiary alicyclic amines) is 1. The van der Waals surface area contributed by atoms with Gasteiger partial charge in [-0.15, -0.1) is 0 Å². The molecule has 1 N–H and O–H groups in total. The third kappa shape index (κ3) is 5.43. The second kappa shape index (κ2) is 8.95. The van der Waals surface area contributed by atoms with Crippen LogP contribution in [0.4, 0.5) is 5.69 Å². The van der Waals surface area contributed by atoms with E-state index in [0.29, 0.717) is 6.04 Å². The second-order valence-corrected chi connectivity index (χ2v) is 6.99.